The van der Waals surface area contributed by atoms with E-state index in [-0.39, 0.29) is 29.5 Å². The van der Waals surface area contributed by atoms with Crippen LogP contribution >= 0.6 is 11.6 Å². The molecule has 8 heteroatoms. The minimum Gasteiger partial charge on any atom is -0.469 e. The zero-order valence-electron chi connectivity index (χ0n) is 17.4. The van der Waals surface area contributed by atoms with Gasteiger partial charge in [-0.15, -0.1) is 0 Å². The minimum atomic E-state index is -0.644. The molecule has 0 spiro atoms. The molecule has 3 aromatic rings. The van der Waals surface area contributed by atoms with Crippen LogP contribution in [0.1, 0.15) is 21.5 Å². The lowest BCUT2D eigenvalue weighted by atomic mass is 10.1. The van der Waals surface area contributed by atoms with Crippen molar-refractivity contribution >= 4 is 29.2 Å². The summed E-state index contributed by atoms with van der Waals surface area (Å²) in [6.07, 6.45) is 0.614. The number of halogens is 2. The highest BCUT2D eigenvalue weighted by Crippen LogP contribution is 2.30. The Morgan fingerprint density at radius 2 is 1.69 bits per heavy atom. The van der Waals surface area contributed by atoms with Crippen molar-refractivity contribution in [3.8, 4) is 11.5 Å². The van der Waals surface area contributed by atoms with Gasteiger partial charge in [0.15, 0.2) is 17.3 Å². The maximum Gasteiger partial charge on any atom is 0.309 e. The number of esters is 1. The zero-order chi connectivity index (χ0) is 23.1. The van der Waals surface area contributed by atoms with Crippen molar-refractivity contribution in [2.24, 2.45) is 0 Å². The van der Waals surface area contributed by atoms with Crippen LogP contribution in [0.15, 0.2) is 60.7 Å². The number of nitrogens with one attached hydrogen (secondary N) is 1. The third kappa shape index (κ3) is 6.21. The molecule has 0 aliphatic heterocycles. The van der Waals surface area contributed by atoms with E-state index in [1.807, 2.05) is 12.1 Å². The highest BCUT2D eigenvalue weighted by atomic mass is 35.5. The molecule has 0 bridgehead atoms. The molecule has 166 valence electrons. The predicted octanol–water partition coefficient (Wildman–Crippen LogP) is 4.54. The lowest BCUT2D eigenvalue weighted by Crippen LogP contribution is -2.25. The molecule has 0 unspecified atom stereocenters. The Morgan fingerprint density at radius 1 is 1.00 bits per heavy atom. The summed E-state index contributed by atoms with van der Waals surface area (Å²) in [5.74, 6) is -1.23. The molecule has 6 nitrogen and oxygen atoms in total. The van der Waals surface area contributed by atoms with E-state index in [0.29, 0.717) is 29.1 Å². The molecular weight excluding hydrogens is 435 g/mol. The molecule has 1 amide bonds. The normalized spacial score (nSPS) is 10.5. The first kappa shape index (κ1) is 23.1. The largest absolute Gasteiger partial charge is 0.469 e. The van der Waals surface area contributed by atoms with Gasteiger partial charge in [-0.2, -0.15) is 0 Å². The number of nitrogen functional groups attached to an aromatic ring is 1. The van der Waals surface area contributed by atoms with Gasteiger partial charge in [-0.3, -0.25) is 9.59 Å². The number of carbonyl (C=O) groups excluding carboxylic acids is 2. The minimum absolute atomic E-state index is 0.0440. The SMILES string of the molecule is COC(=O)Cc1ccc(Oc2ccc(C(=O)NCCc3ccc(Cl)cc3)cc2N)c(F)c1. The molecular formula is C24H22ClFN2O4. The smallest absolute Gasteiger partial charge is 0.309 e. The van der Waals surface area contributed by atoms with Crippen LogP contribution in [0, 0.1) is 5.82 Å². The second-order valence-corrected chi connectivity index (χ2v) is 7.44. The van der Waals surface area contributed by atoms with E-state index in [9.17, 15) is 14.0 Å². The van der Waals surface area contributed by atoms with Crippen molar-refractivity contribution in [3.63, 3.8) is 0 Å². The molecule has 0 radical (unpaired) electrons. The number of hydrogen-bond donors (Lipinski definition) is 2. The molecule has 3 aromatic carbocycles. The molecule has 0 fully saturated rings. The maximum absolute atomic E-state index is 14.3. The third-order valence-corrected chi connectivity index (χ3v) is 4.93. The average molecular weight is 457 g/mol. The number of methoxy groups -OCH3 is 1. The molecule has 0 heterocycles. The van der Waals surface area contributed by atoms with E-state index in [1.54, 1.807) is 24.3 Å². The molecule has 0 saturated heterocycles. The molecule has 0 aliphatic carbocycles. The van der Waals surface area contributed by atoms with Crippen LogP contribution < -0.4 is 15.8 Å². The summed E-state index contributed by atoms with van der Waals surface area (Å²) in [6, 6.07) is 16.1. The lowest BCUT2D eigenvalue weighted by Gasteiger charge is -2.12. The summed E-state index contributed by atoms with van der Waals surface area (Å²) < 4.78 is 24.5. The van der Waals surface area contributed by atoms with Crippen LogP contribution in [0.2, 0.25) is 5.02 Å². The van der Waals surface area contributed by atoms with Crippen LogP contribution in [0.25, 0.3) is 0 Å². The number of rotatable bonds is 8. The van der Waals surface area contributed by atoms with Crippen LogP contribution in [-0.4, -0.2) is 25.5 Å². The van der Waals surface area contributed by atoms with E-state index in [4.69, 9.17) is 22.1 Å². The summed E-state index contributed by atoms with van der Waals surface area (Å²) in [7, 11) is 1.27. The molecule has 32 heavy (non-hydrogen) atoms. The predicted molar refractivity (Wildman–Crippen MR) is 121 cm³/mol. The van der Waals surface area contributed by atoms with Crippen LogP contribution in [0.5, 0.6) is 11.5 Å². The van der Waals surface area contributed by atoms with Crippen LogP contribution in [0.4, 0.5) is 10.1 Å². The fourth-order valence-corrected chi connectivity index (χ4v) is 3.08. The van der Waals surface area contributed by atoms with Crippen molar-refractivity contribution in [2.45, 2.75) is 12.8 Å². The van der Waals surface area contributed by atoms with Gasteiger partial charge < -0.3 is 20.5 Å². The second-order valence-electron chi connectivity index (χ2n) is 7.00. The molecule has 0 aliphatic rings. The summed E-state index contributed by atoms with van der Waals surface area (Å²) in [4.78, 5) is 23.7. The number of ether oxygens (including phenoxy) is 2. The Morgan fingerprint density at radius 3 is 2.34 bits per heavy atom. The quantitative estimate of drug-likeness (QED) is 0.383. The van der Waals surface area contributed by atoms with E-state index < -0.39 is 11.8 Å². The lowest BCUT2D eigenvalue weighted by molar-refractivity contribution is -0.139. The van der Waals surface area contributed by atoms with E-state index in [0.717, 1.165) is 5.56 Å². The van der Waals surface area contributed by atoms with Gasteiger partial charge in [0.25, 0.3) is 5.91 Å². The van der Waals surface area contributed by atoms with E-state index in [2.05, 4.69) is 10.1 Å². The topological polar surface area (TPSA) is 90.6 Å². The Bertz CT molecular complexity index is 1120. The first-order chi connectivity index (χ1) is 15.4. The van der Waals surface area contributed by atoms with Gasteiger partial charge in [-0.25, -0.2) is 4.39 Å². The number of anilines is 1. The first-order valence-electron chi connectivity index (χ1n) is 9.81. The number of benzene rings is 3. The van der Waals surface area contributed by atoms with Crippen molar-refractivity contribution in [1.29, 1.82) is 0 Å². The van der Waals surface area contributed by atoms with Gasteiger partial charge in [-0.05, 0) is 60.0 Å². The van der Waals surface area contributed by atoms with Gasteiger partial charge in [0.1, 0.15) is 0 Å². The average Bonchev–Trinajstić information content (AvgIpc) is 2.78. The maximum atomic E-state index is 14.3. The fourth-order valence-electron chi connectivity index (χ4n) is 2.95. The van der Waals surface area contributed by atoms with Crippen LogP contribution in [0.3, 0.4) is 0 Å². The highest BCUT2D eigenvalue weighted by molar-refractivity contribution is 6.30. The second kappa shape index (κ2) is 10.6. The Balaban J connectivity index is 1.60. The van der Waals surface area contributed by atoms with Gasteiger partial charge in [0.05, 0.1) is 19.2 Å². The van der Waals surface area contributed by atoms with E-state index >= 15 is 0 Å². The molecule has 0 aromatic heterocycles. The summed E-state index contributed by atoms with van der Waals surface area (Å²) in [5, 5.41) is 3.49. The van der Waals surface area contributed by atoms with Crippen LogP contribution in [-0.2, 0) is 22.4 Å². The van der Waals surface area contributed by atoms with E-state index in [1.165, 1.54) is 31.4 Å². The van der Waals surface area contributed by atoms with Crippen molar-refractivity contribution in [1.82, 2.24) is 5.32 Å². The highest BCUT2D eigenvalue weighted by Gasteiger charge is 2.13. The summed E-state index contributed by atoms with van der Waals surface area (Å²) in [6.45, 7) is 0.446. The zero-order valence-corrected chi connectivity index (χ0v) is 18.1. The van der Waals surface area contributed by atoms with Gasteiger partial charge in [-0.1, -0.05) is 29.8 Å². The fraction of sp³-hybridized carbons (Fsp3) is 0.167. The number of amides is 1. The van der Waals surface area contributed by atoms with Crippen molar-refractivity contribution in [3.05, 3.63) is 88.2 Å². The Hall–Kier alpha value is -3.58. The molecule has 0 saturated carbocycles. The van der Waals surface area contributed by atoms with Gasteiger partial charge in [0, 0.05) is 17.1 Å². The molecule has 3 N–H and O–H groups in total. The number of nitrogens with two attached hydrogens (primary N) is 1. The standard InChI is InChI=1S/C24H22ClFN2O4/c1-31-23(29)13-16-4-8-21(19(26)12-16)32-22-9-5-17(14-20(22)27)24(30)28-11-10-15-2-6-18(25)7-3-15/h2-9,12,14H,10-11,13,27H2,1H3,(H,28,30). The Kier molecular flexibility index (Phi) is 7.68. The van der Waals surface area contributed by atoms with Gasteiger partial charge in [0.2, 0.25) is 0 Å². The third-order valence-electron chi connectivity index (χ3n) is 4.68. The molecule has 0 atom stereocenters. The first-order valence-corrected chi connectivity index (χ1v) is 10.2. The monoisotopic (exact) mass is 456 g/mol. The molecule has 3 rings (SSSR count). The number of carbonyl (C=O) groups is 2. The Labute approximate surface area is 190 Å². The summed E-state index contributed by atoms with van der Waals surface area (Å²) in [5.41, 5.74) is 8.06. The van der Waals surface area contributed by atoms with Gasteiger partial charge >= 0.3 is 5.97 Å². The summed E-state index contributed by atoms with van der Waals surface area (Å²) >= 11 is 5.86. The van der Waals surface area contributed by atoms with Crippen molar-refractivity contribution < 1.29 is 23.5 Å². The number of hydrogen-bond acceptors (Lipinski definition) is 5. The van der Waals surface area contributed by atoms with Crippen molar-refractivity contribution in [2.75, 3.05) is 19.4 Å².